The minimum Gasteiger partial charge on any atom is -0.465 e. The number of carbonyl (C=O) groups excluding carboxylic acids is 1. The second-order valence-corrected chi connectivity index (χ2v) is 4.68. The zero-order chi connectivity index (χ0) is 14.7. The van der Waals surface area contributed by atoms with Gasteiger partial charge in [-0.1, -0.05) is 19.1 Å². The Bertz CT molecular complexity index is 603. The van der Waals surface area contributed by atoms with Crippen LogP contribution in [0.4, 0.5) is 0 Å². The van der Waals surface area contributed by atoms with Gasteiger partial charge in [0.15, 0.2) is 0 Å². The lowest BCUT2D eigenvalue weighted by Gasteiger charge is -2.10. The van der Waals surface area contributed by atoms with Crippen molar-refractivity contribution in [2.45, 2.75) is 26.4 Å². The molecule has 0 aliphatic carbocycles. The minimum atomic E-state index is -0.379. The van der Waals surface area contributed by atoms with Crippen molar-refractivity contribution < 1.29 is 14.6 Å². The SMILES string of the molecule is COC(=O)c1ccc(-n2nnc(CO)c2C(C)C)cc1. The standard InChI is InChI=1S/C14H17N3O3/c1-9(2)13-12(8-18)15-16-17(13)11-6-4-10(5-7-11)14(19)20-3/h4-7,9,18H,8H2,1-3H3. The van der Waals surface area contributed by atoms with Crippen LogP contribution in [0.15, 0.2) is 24.3 Å². The lowest BCUT2D eigenvalue weighted by Crippen LogP contribution is -2.07. The van der Waals surface area contributed by atoms with E-state index in [1.165, 1.54) is 7.11 Å². The quantitative estimate of drug-likeness (QED) is 0.859. The molecule has 20 heavy (non-hydrogen) atoms. The molecule has 106 valence electrons. The van der Waals surface area contributed by atoms with Crippen LogP contribution in [0.2, 0.25) is 0 Å². The van der Waals surface area contributed by atoms with Crippen molar-refractivity contribution >= 4 is 5.97 Å². The Kier molecular flexibility index (Phi) is 4.14. The van der Waals surface area contributed by atoms with Gasteiger partial charge >= 0.3 is 5.97 Å². The van der Waals surface area contributed by atoms with Crippen LogP contribution >= 0.6 is 0 Å². The number of rotatable bonds is 4. The van der Waals surface area contributed by atoms with E-state index in [-0.39, 0.29) is 18.5 Å². The highest BCUT2D eigenvalue weighted by molar-refractivity contribution is 5.89. The first-order chi connectivity index (χ1) is 9.58. The third-order valence-electron chi connectivity index (χ3n) is 3.01. The zero-order valence-electron chi connectivity index (χ0n) is 11.7. The molecule has 1 N–H and O–H groups in total. The molecule has 1 aromatic heterocycles. The summed E-state index contributed by atoms with van der Waals surface area (Å²) in [5.74, 6) is -0.206. The number of ether oxygens (including phenoxy) is 1. The molecule has 1 heterocycles. The number of aromatic nitrogens is 3. The number of hydrogen-bond acceptors (Lipinski definition) is 5. The summed E-state index contributed by atoms with van der Waals surface area (Å²) < 4.78 is 6.34. The molecule has 6 nitrogen and oxygen atoms in total. The van der Waals surface area contributed by atoms with Gasteiger partial charge in [-0.2, -0.15) is 0 Å². The molecule has 0 spiro atoms. The molecule has 6 heteroatoms. The largest absolute Gasteiger partial charge is 0.465 e. The van der Waals surface area contributed by atoms with Crippen LogP contribution in [0.5, 0.6) is 0 Å². The number of methoxy groups -OCH3 is 1. The van der Waals surface area contributed by atoms with E-state index < -0.39 is 0 Å². The van der Waals surface area contributed by atoms with Gasteiger partial charge in [0.25, 0.3) is 0 Å². The summed E-state index contributed by atoms with van der Waals surface area (Å²) in [7, 11) is 1.35. The highest BCUT2D eigenvalue weighted by atomic mass is 16.5. The molecular formula is C14H17N3O3. The lowest BCUT2D eigenvalue weighted by molar-refractivity contribution is 0.0600. The van der Waals surface area contributed by atoms with Crippen LogP contribution in [0.1, 0.15) is 41.5 Å². The Balaban J connectivity index is 2.42. The Hall–Kier alpha value is -2.21. The Morgan fingerprint density at radius 2 is 2.00 bits per heavy atom. The second-order valence-electron chi connectivity index (χ2n) is 4.68. The van der Waals surface area contributed by atoms with Gasteiger partial charge in [0.2, 0.25) is 0 Å². The number of aliphatic hydroxyl groups is 1. The highest BCUT2D eigenvalue weighted by Gasteiger charge is 2.17. The minimum absolute atomic E-state index is 0.145. The van der Waals surface area contributed by atoms with Gasteiger partial charge in [0, 0.05) is 0 Å². The summed E-state index contributed by atoms with van der Waals surface area (Å²) in [6.45, 7) is 3.88. The van der Waals surface area contributed by atoms with Crippen molar-refractivity contribution in [3.63, 3.8) is 0 Å². The number of esters is 1. The molecule has 2 aromatic rings. The van der Waals surface area contributed by atoms with Crippen LogP contribution in [-0.2, 0) is 11.3 Å². The second kappa shape index (κ2) is 5.83. The van der Waals surface area contributed by atoms with Crippen LogP contribution in [0.3, 0.4) is 0 Å². The van der Waals surface area contributed by atoms with Crippen molar-refractivity contribution in [2.24, 2.45) is 0 Å². The summed E-state index contributed by atoms with van der Waals surface area (Å²) in [6, 6.07) is 6.89. The summed E-state index contributed by atoms with van der Waals surface area (Å²) >= 11 is 0. The predicted octanol–water partition coefficient (Wildman–Crippen LogP) is 1.67. The summed E-state index contributed by atoms with van der Waals surface area (Å²) in [6.07, 6.45) is 0. The molecule has 2 rings (SSSR count). The molecule has 0 saturated carbocycles. The highest BCUT2D eigenvalue weighted by Crippen LogP contribution is 2.21. The van der Waals surface area contributed by atoms with Crippen molar-refractivity contribution in [1.29, 1.82) is 0 Å². The predicted molar refractivity (Wildman–Crippen MR) is 72.7 cm³/mol. The fourth-order valence-corrected chi connectivity index (χ4v) is 2.06. The van der Waals surface area contributed by atoms with Gasteiger partial charge in [0.05, 0.1) is 30.7 Å². The number of benzene rings is 1. The van der Waals surface area contributed by atoms with Gasteiger partial charge in [0.1, 0.15) is 5.69 Å². The maximum Gasteiger partial charge on any atom is 0.337 e. The maximum atomic E-state index is 11.4. The molecule has 0 radical (unpaired) electrons. The van der Waals surface area contributed by atoms with Crippen molar-refractivity contribution in [3.05, 3.63) is 41.2 Å². The number of carbonyl (C=O) groups is 1. The molecule has 0 aliphatic rings. The van der Waals surface area contributed by atoms with Crippen LogP contribution in [0.25, 0.3) is 5.69 Å². The number of aliphatic hydroxyl groups excluding tert-OH is 1. The fourth-order valence-electron chi connectivity index (χ4n) is 2.06. The van der Waals surface area contributed by atoms with Crippen molar-refractivity contribution in [1.82, 2.24) is 15.0 Å². The lowest BCUT2D eigenvalue weighted by atomic mass is 10.1. The zero-order valence-corrected chi connectivity index (χ0v) is 11.7. The Morgan fingerprint density at radius 1 is 1.35 bits per heavy atom. The summed E-state index contributed by atoms with van der Waals surface area (Å²) in [5.41, 5.74) is 2.69. The average Bonchev–Trinajstić information content (AvgIpc) is 2.90. The average molecular weight is 275 g/mol. The Morgan fingerprint density at radius 3 is 2.50 bits per heavy atom. The third-order valence-corrected chi connectivity index (χ3v) is 3.01. The molecule has 0 bridgehead atoms. The molecule has 1 aromatic carbocycles. The molecule has 0 fully saturated rings. The van der Waals surface area contributed by atoms with Gasteiger partial charge in [-0.05, 0) is 30.2 Å². The van der Waals surface area contributed by atoms with E-state index in [1.54, 1.807) is 28.9 Å². The molecular weight excluding hydrogens is 258 g/mol. The van der Waals surface area contributed by atoms with Gasteiger partial charge in [-0.25, -0.2) is 9.48 Å². The summed E-state index contributed by atoms with van der Waals surface area (Å²) in [4.78, 5) is 11.4. The molecule has 0 saturated heterocycles. The van der Waals surface area contributed by atoms with E-state index in [0.29, 0.717) is 11.3 Å². The molecule has 0 unspecified atom stereocenters. The van der Waals surface area contributed by atoms with Crippen LogP contribution in [-0.4, -0.2) is 33.2 Å². The third kappa shape index (κ3) is 2.55. The van der Waals surface area contributed by atoms with Gasteiger partial charge in [-0.3, -0.25) is 0 Å². The fraction of sp³-hybridized carbons (Fsp3) is 0.357. The first-order valence-electron chi connectivity index (χ1n) is 6.32. The van der Waals surface area contributed by atoms with E-state index in [0.717, 1.165) is 11.4 Å². The first-order valence-corrected chi connectivity index (χ1v) is 6.32. The van der Waals surface area contributed by atoms with Crippen LogP contribution < -0.4 is 0 Å². The van der Waals surface area contributed by atoms with Gasteiger partial charge in [-0.15, -0.1) is 5.10 Å². The van der Waals surface area contributed by atoms with E-state index in [2.05, 4.69) is 15.0 Å². The smallest absolute Gasteiger partial charge is 0.337 e. The number of hydrogen-bond donors (Lipinski definition) is 1. The molecule has 0 amide bonds. The van der Waals surface area contributed by atoms with Crippen molar-refractivity contribution in [3.8, 4) is 5.69 Å². The first kappa shape index (κ1) is 14.2. The van der Waals surface area contributed by atoms with Gasteiger partial charge < -0.3 is 9.84 Å². The maximum absolute atomic E-state index is 11.4. The molecule has 0 aliphatic heterocycles. The summed E-state index contributed by atoms with van der Waals surface area (Å²) in [5, 5.41) is 17.3. The Labute approximate surface area is 117 Å². The van der Waals surface area contributed by atoms with E-state index in [4.69, 9.17) is 0 Å². The van der Waals surface area contributed by atoms with E-state index in [1.807, 2.05) is 13.8 Å². The van der Waals surface area contributed by atoms with E-state index >= 15 is 0 Å². The van der Waals surface area contributed by atoms with Crippen molar-refractivity contribution in [2.75, 3.05) is 7.11 Å². The topological polar surface area (TPSA) is 77.2 Å². The van der Waals surface area contributed by atoms with Crippen LogP contribution in [0, 0.1) is 0 Å². The number of nitrogens with zero attached hydrogens (tertiary/aromatic N) is 3. The van der Waals surface area contributed by atoms with E-state index in [9.17, 15) is 9.90 Å². The monoisotopic (exact) mass is 275 g/mol. The normalized spacial score (nSPS) is 10.8. The molecule has 0 atom stereocenters.